The molecule has 1 aromatic carbocycles. The number of nitrogens with one attached hydrogen (secondary N) is 1. The zero-order valence-electron chi connectivity index (χ0n) is 12.2. The minimum Gasteiger partial charge on any atom is -0.504 e. The number of hydrogen-bond donors (Lipinski definition) is 2. The highest BCUT2D eigenvalue weighted by molar-refractivity contribution is 5.45. The smallest absolute Gasteiger partial charge is 0.162 e. The molecule has 0 aromatic heterocycles. The fourth-order valence-corrected chi connectivity index (χ4v) is 2.98. The second kappa shape index (κ2) is 5.83. The lowest BCUT2D eigenvalue weighted by atomic mass is 9.73. The molecular formula is C16H25NO2. The predicted octanol–water partition coefficient (Wildman–Crippen LogP) is 3.46. The second-order valence-electron chi connectivity index (χ2n) is 6.14. The van der Waals surface area contributed by atoms with Crippen LogP contribution in [0.3, 0.4) is 0 Å². The van der Waals surface area contributed by atoms with E-state index in [0.29, 0.717) is 23.8 Å². The molecule has 2 rings (SSSR count). The van der Waals surface area contributed by atoms with Gasteiger partial charge < -0.3 is 15.2 Å². The van der Waals surface area contributed by atoms with Crippen molar-refractivity contribution >= 4 is 0 Å². The van der Waals surface area contributed by atoms with Crippen molar-refractivity contribution in [1.29, 1.82) is 0 Å². The molecule has 1 aliphatic carbocycles. The average molecular weight is 263 g/mol. The van der Waals surface area contributed by atoms with Crippen LogP contribution in [0.1, 0.15) is 45.1 Å². The number of phenolic OH excluding ortho intramolecular Hbond substituents is 1. The Morgan fingerprint density at radius 2 is 2.16 bits per heavy atom. The Hall–Kier alpha value is -1.22. The largest absolute Gasteiger partial charge is 0.504 e. The van der Waals surface area contributed by atoms with Crippen LogP contribution in [0.25, 0.3) is 0 Å². The first-order chi connectivity index (χ1) is 9.04. The number of phenols is 1. The Kier molecular flexibility index (Phi) is 4.35. The van der Waals surface area contributed by atoms with Crippen LogP contribution < -0.4 is 10.1 Å². The van der Waals surface area contributed by atoms with Crippen molar-refractivity contribution in [1.82, 2.24) is 5.32 Å². The molecule has 1 saturated carbocycles. The normalized spacial score (nSPS) is 22.2. The molecule has 1 unspecified atom stereocenters. The van der Waals surface area contributed by atoms with Gasteiger partial charge in [-0.1, -0.05) is 38.8 Å². The van der Waals surface area contributed by atoms with E-state index in [1.54, 1.807) is 13.2 Å². The highest BCUT2D eigenvalue weighted by Gasteiger charge is 2.31. The molecule has 1 fully saturated rings. The van der Waals surface area contributed by atoms with E-state index in [2.05, 4.69) is 19.2 Å². The van der Waals surface area contributed by atoms with Crippen LogP contribution in [0.4, 0.5) is 0 Å². The summed E-state index contributed by atoms with van der Waals surface area (Å²) >= 11 is 0. The van der Waals surface area contributed by atoms with Gasteiger partial charge >= 0.3 is 0 Å². The quantitative estimate of drug-likeness (QED) is 0.874. The van der Waals surface area contributed by atoms with E-state index in [1.807, 2.05) is 12.1 Å². The summed E-state index contributed by atoms with van der Waals surface area (Å²) in [7, 11) is 1.58. The van der Waals surface area contributed by atoms with Gasteiger partial charge in [-0.15, -0.1) is 0 Å². The van der Waals surface area contributed by atoms with Crippen molar-refractivity contribution in [2.24, 2.45) is 5.41 Å². The van der Waals surface area contributed by atoms with Gasteiger partial charge in [-0.05, 0) is 24.3 Å². The molecule has 1 aliphatic rings. The van der Waals surface area contributed by atoms with Crippen LogP contribution in [0.5, 0.6) is 11.5 Å². The van der Waals surface area contributed by atoms with Gasteiger partial charge in [0.25, 0.3) is 0 Å². The van der Waals surface area contributed by atoms with Gasteiger partial charge in [0.2, 0.25) is 0 Å². The number of methoxy groups -OCH3 is 1. The topological polar surface area (TPSA) is 41.5 Å². The Balaban J connectivity index is 2.02. The molecule has 0 heterocycles. The van der Waals surface area contributed by atoms with E-state index in [1.165, 1.54) is 25.7 Å². The zero-order chi connectivity index (χ0) is 13.9. The summed E-state index contributed by atoms with van der Waals surface area (Å²) in [6.07, 6.45) is 5.12. The summed E-state index contributed by atoms with van der Waals surface area (Å²) in [4.78, 5) is 0. The zero-order valence-corrected chi connectivity index (χ0v) is 12.2. The maximum atomic E-state index is 10.1. The van der Waals surface area contributed by atoms with Crippen molar-refractivity contribution in [3.05, 3.63) is 23.8 Å². The third-order valence-corrected chi connectivity index (χ3v) is 4.35. The SMILES string of the molecule is COc1cccc(CNC2CCCCC2(C)C)c1O. The fourth-order valence-electron chi connectivity index (χ4n) is 2.98. The van der Waals surface area contributed by atoms with E-state index in [-0.39, 0.29) is 5.75 Å². The minimum atomic E-state index is 0.256. The van der Waals surface area contributed by atoms with E-state index < -0.39 is 0 Å². The number of para-hydroxylation sites is 1. The first-order valence-corrected chi connectivity index (χ1v) is 7.13. The van der Waals surface area contributed by atoms with Gasteiger partial charge in [0.05, 0.1) is 7.11 Å². The summed E-state index contributed by atoms with van der Waals surface area (Å²) in [6, 6.07) is 6.16. The van der Waals surface area contributed by atoms with E-state index in [9.17, 15) is 5.11 Å². The number of hydrogen-bond acceptors (Lipinski definition) is 3. The Morgan fingerprint density at radius 3 is 2.84 bits per heavy atom. The Bertz CT molecular complexity index is 429. The number of benzene rings is 1. The number of ether oxygens (including phenoxy) is 1. The standard InChI is InChI=1S/C16H25NO2/c1-16(2)10-5-4-9-14(16)17-11-12-7-6-8-13(19-3)15(12)18/h6-8,14,17-18H,4-5,9-11H2,1-3H3. The summed E-state index contributed by atoms with van der Waals surface area (Å²) in [6.45, 7) is 5.35. The van der Waals surface area contributed by atoms with Gasteiger partial charge in [-0.2, -0.15) is 0 Å². The van der Waals surface area contributed by atoms with Crippen molar-refractivity contribution in [2.75, 3.05) is 7.11 Å². The van der Waals surface area contributed by atoms with Gasteiger partial charge in [-0.25, -0.2) is 0 Å². The third kappa shape index (κ3) is 3.21. The van der Waals surface area contributed by atoms with Crippen LogP contribution >= 0.6 is 0 Å². The molecule has 3 nitrogen and oxygen atoms in total. The predicted molar refractivity (Wildman–Crippen MR) is 77.5 cm³/mol. The monoisotopic (exact) mass is 263 g/mol. The van der Waals surface area contributed by atoms with Crippen molar-refractivity contribution in [2.45, 2.75) is 52.1 Å². The Labute approximate surface area is 116 Å². The maximum absolute atomic E-state index is 10.1. The van der Waals surface area contributed by atoms with Crippen LogP contribution in [-0.2, 0) is 6.54 Å². The average Bonchev–Trinajstić information content (AvgIpc) is 2.38. The fraction of sp³-hybridized carbons (Fsp3) is 0.625. The molecule has 0 radical (unpaired) electrons. The highest BCUT2D eigenvalue weighted by Crippen LogP contribution is 2.36. The number of rotatable bonds is 4. The molecule has 1 aromatic rings. The third-order valence-electron chi connectivity index (χ3n) is 4.35. The summed E-state index contributed by atoms with van der Waals surface area (Å²) in [5.74, 6) is 0.799. The number of aromatic hydroxyl groups is 1. The van der Waals surface area contributed by atoms with Gasteiger partial charge in [-0.3, -0.25) is 0 Å². The molecule has 0 spiro atoms. The van der Waals surface area contributed by atoms with Crippen molar-refractivity contribution < 1.29 is 9.84 Å². The first kappa shape index (κ1) is 14.2. The van der Waals surface area contributed by atoms with Gasteiger partial charge in [0.15, 0.2) is 11.5 Å². The van der Waals surface area contributed by atoms with Crippen LogP contribution in [0, 0.1) is 5.41 Å². The minimum absolute atomic E-state index is 0.256. The van der Waals surface area contributed by atoms with Crippen LogP contribution in [0.15, 0.2) is 18.2 Å². The molecular weight excluding hydrogens is 238 g/mol. The van der Waals surface area contributed by atoms with Crippen LogP contribution in [-0.4, -0.2) is 18.3 Å². The molecule has 0 bridgehead atoms. The van der Waals surface area contributed by atoms with E-state index in [4.69, 9.17) is 4.74 Å². The first-order valence-electron chi connectivity index (χ1n) is 7.13. The molecule has 0 aliphatic heterocycles. The maximum Gasteiger partial charge on any atom is 0.162 e. The van der Waals surface area contributed by atoms with E-state index >= 15 is 0 Å². The van der Waals surface area contributed by atoms with Crippen LogP contribution in [0.2, 0.25) is 0 Å². The van der Waals surface area contributed by atoms with Crippen molar-refractivity contribution in [3.8, 4) is 11.5 Å². The summed E-state index contributed by atoms with van der Waals surface area (Å²) < 4.78 is 5.14. The molecule has 3 heteroatoms. The highest BCUT2D eigenvalue weighted by atomic mass is 16.5. The molecule has 106 valence electrons. The second-order valence-corrected chi connectivity index (χ2v) is 6.14. The lowest BCUT2D eigenvalue weighted by Crippen LogP contribution is -2.43. The molecule has 19 heavy (non-hydrogen) atoms. The van der Waals surface area contributed by atoms with Gasteiger partial charge in [0, 0.05) is 18.2 Å². The van der Waals surface area contributed by atoms with E-state index in [0.717, 1.165) is 5.56 Å². The summed E-state index contributed by atoms with van der Waals surface area (Å²) in [5, 5.41) is 13.7. The lowest BCUT2D eigenvalue weighted by molar-refractivity contribution is 0.166. The molecule has 0 amide bonds. The molecule has 2 N–H and O–H groups in total. The van der Waals surface area contributed by atoms with Crippen molar-refractivity contribution in [3.63, 3.8) is 0 Å². The Morgan fingerprint density at radius 1 is 1.37 bits per heavy atom. The molecule has 1 atom stereocenters. The lowest BCUT2D eigenvalue weighted by Gasteiger charge is -2.39. The van der Waals surface area contributed by atoms with Gasteiger partial charge in [0.1, 0.15) is 0 Å². The molecule has 0 saturated heterocycles. The summed E-state index contributed by atoms with van der Waals surface area (Å²) in [5.41, 5.74) is 1.24.